The zero-order chi connectivity index (χ0) is 13.7. The Morgan fingerprint density at radius 1 is 1.21 bits per heavy atom. The third-order valence-corrected chi connectivity index (χ3v) is 4.04. The maximum Gasteiger partial charge on any atom is 0.251 e. The predicted octanol–water partition coefficient (Wildman–Crippen LogP) is 3.34. The van der Waals surface area contributed by atoms with Gasteiger partial charge in [-0.25, -0.2) is 5.48 Å². The number of benzene rings is 1. The molecule has 0 radical (unpaired) electrons. The monoisotopic (exact) mass is 261 g/mol. The Kier molecular flexibility index (Phi) is 4.97. The van der Waals surface area contributed by atoms with Crippen molar-refractivity contribution in [3.05, 3.63) is 35.4 Å². The van der Waals surface area contributed by atoms with Crippen molar-refractivity contribution in [2.75, 3.05) is 7.11 Å². The number of aryl methyl sites for hydroxylation is 1. The maximum atomic E-state index is 12.3. The van der Waals surface area contributed by atoms with Crippen molar-refractivity contribution in [2.45, 2.75) is 44.9 Å². The van der Waals surface area contributed by atoms with Crippen LogP contribution in [0.3, 0.4) is 0 Å². The minimum atomic E-state index is -0.0825. The molecule has 1 atom stereocenters. The highest BCUT2D eigenvalue weighted by Crippen LogP contribution is 2.36. The molecule has 3 heteroatoms. The van der Waals surface area contributed by atoms with E-state index in [2.05, 4.69) is 36.7 Å². The Morgan fingerprint density at radius 3 is 2.42 bits per heavy atom. The summed E-state index contributed by atoms with van der Waals surface area (Å²) in [7, 11) is 1.49. The first-order valence-electron chi connectivity index (χ1n) is 7.12. The van der Waals surface area contributed by atoms with Gasteiger partial charge in [-0.05, 0) is 31.2 Å². The van der Waals surface area contributed by atoms with Crippen LogP contribution in [0, 0.1) is 12.8 Å². The van der Waals surface area contributed by atoms with Gasteiger partial charge < -0.3 is 0 Å². The van der Waals surface area contributed by atoms with Gasteiger partial charge in [-0.2, -0.15) is 0 Å². The highest BCUT2D eigenvalue weighted by Gasteiger charge is 2.30. The standard InChI is InChI=1S/C16H23NO2/c1-12-8-10-14(11-9-12)15(16(18)17-19-2)13-6-4-3-5-7-13/h8-11,13,15H,3-7H2,1-2H3,(H,17,18). The van der Waals surface area contributed by atoms with Gasteiger partial charge in [0.1, 0.15) is 0 Å². The first-order valence-corrected chi connectivity index (χ1v) is 7.12. The third-order valence-electron chi connectivity index (χ3n) is 4.04. The largest absolute Gasteiger partial charge is 0.277 e. The zero-order valence-corrected chi connectivity index (χ0v) is 11.8. The van der Waals surface area contributed by atoms with Crippen LogP contribution in [0.15, 0.2) is 24.3 Å². The number of carbonyl (C=O) groups excluding carboxylic acids is 1. The quantitative estimate of drug-likeness (QED) is 0.844. The second kappa shape index (κ2) is 6.71. The number of hydroxylamine groups is 1. The minimum Gasteiger partial charge on any atom is -0.277 e. The first-order chi connectivity index (χ1) is 9.22. The Morgan fingerprint density at radius 2 is 1.84 bits per heavy atom. The van der Waals surface area contributed by atoms with E-state index in [0.717, 1.165) is 18.4 Å². The SMILES string of the molecule is CONC(=O)C(c1ccc(C)cc1)C1CCCCC1. The minimum absolute atomic E-state index is 0.0155. The van der Waals surface area contributed by atoms with Gasteiger partial charge in [0.2, 0.25) is 0 Å². The predicted molar refractivity (Wildman–Crippen MR) is 75.6 cm³/mol. The van der Waals surface area contributed by atoms with Crippen LogP contribution in [-0.4, -0.2) is 13.0 Å². The van der Waals surface area contributed by atoms with Crippen molar-refractivity contribution in [3.63, 3.8) is 0 Å². The van der Waals surface area contributed by atoms with E-state index in [1.807, 2.05) is 0 Å². The lowest BCUT2D eigenvalue weighted by Gasteiger charge is -2.29. The lowest BCUT2D eigenvalue weighted by atomic mass is 9.76. The normalized spacial score (nSPS) is 18.0. The summed E-state index contributed by atoms with van der Waals surface area (Å²) < 4.78 is 0. The fraction of sp³-hybridized carbons (Fsp3) is 0.562. The topological polar surface area (TPSA) is 38.3 Å². The molecule has 104 valence electrons. The fourth-order valence-electron chi connectivity index (χ4n) is 3.04. The van der Waals surface area contributed by atoms with E-state index in [4.69, 9.17) is 4.84 Å². The van der Waals surface area contributed by atoms with Gasteiger partial charge in [0.15, 0.2) is 0 Å². The van der Waals surface area contributed by atoms with Crippen LogP contribution in [0.2, 0.25) is 0 Å². The van der Waals surface area contributed by atoms with Crippen molar-refractivity contribution >= 4 is 5.91 Å². The van der Waals surface area contributed by atoms with Gasteiger partial charge in [0.25, 0.3) is 5.91 Å². The van der Waals surface area contributed by atoms with Crippen LogP contribution < -0.4 is 5.48 Å². The molecule has 1 aromatic carbocycles. The average Bonchev–Trinajstić information content (AvgIpc) is 2.43. The maximum absolute atomic E-state index is 12.3. The first kappa shape index (κ1) is 14.1. The summed E-state index contributed by atoms with van der Waals surface area (Å²) in [6, 6.07) is 8.30. The molecule has 19 heavy (non-hydrogen) atoms. The van der Waals surface area contributed by atoms with Crippen molar-refractivity contribution < 1.29 is 9.63 Å². The summed E-state index contributed by atoms with van der Waals surface area (Å²) in [6.45, 7) is 2.06. The Bertz CT molecular complexity index is 407. The molecule has 0 spiro atoms. The van der Waals surface area contributed by atoms with Crippen LogP contribution >= 0.6 is 0 Å². The van der Waals surface area contributed by atoms with Gasteiger partial charge in [0.05, 0.1) is 13.0 Å². The Hall–Kier alpha value is -1.35. The zero-order valence-electron chi connectivity index (χ0n) is 11.8. The molecule has 0 aliphatic heterocycles. The van der Waals surface area contributed by atoms with Crippen molar-refractivity contribution in [2.24, 2.45) is 5.92 Å². The summed E-state index contributed by atoms with van der Waals surface area (Å²) >= 11 is 0. The molecule has 1 N–H and O–H groups in total. The molecule has 1 aromatic rings. The second-order valence-corrected chi connectivity index (χ2v) is 5.46. The molecular weight excluding hydrogens is 238 g/mol. The molecule has 1 saturated carbocycles. The van der Waals surface area contributed by atoms with Crippen LogP contribution in [0.1, 0.15) is 49.1 Å². The lowest BCUT2D eigenvalue weighted by molar-refractivity contribution is -0.134. The Balaban J connectivity index is 2.22. The highest BCUT2D eigenvalue weighted by atomic mass is 16.6. The number of amides is 1. The molecule has 1 unspecified atom stereocenters. The molecule has 1 aliphatic rings. The summed E-state index contributed by atoms with van der Waals surface area (Å²) in [4.78, 5) is 17.1. The van der Waals surface area contributed by atoms with Gasteiger partial charge in [0, 0.05) is 0 Å². The van der Waals surface area contributed by atoms with Gasteiger partial charge in [-0.3, -0.25) is 9.63 Å². The number of nitrogens with one attached hydrogen (secondary N) is 1. The van der Waals surface area contributed by atoms with E-state index < -0.39 is 0 Å². The number of hydrogen-bond acceptors (Lipinski definition) is 2. The van der Waals surface area contributed by atoms with E-state index in [1.54, 1.807) is 0 Å². The number of rotatable bonds is 4. The molecule has 0 bridgehead atoms. The summed E-state index contributed by atoms with van der Waals surface area (Å²) in [5.41, 5.74) is 4.84. The third kappa shape index (κ3) is 3.57. The molecule has 1 amide bonds. The van der Waals surface area contributed by atoms with Crippen LogP contribution in [-0.2, 0) is 9.63 Å². The molecule has 1 aliphatic carbocycles. The van der Waals surface area contributed by atoms with E-state index >= 15 is 0 Å². The number of hydrogen-bond donors (Lipinski definition) is 1. The van der Waals surface area contributed by atoms with Crippen molar-refractivity contribution in [1.82, 2.24) is 5.48 Å². The van der Waals surface area contributed by atoms with Crippen molar-refractivity contribution in [3.8, 4) is 0 Å². The highest BCUT2D eigenvalue weighted by molar-refractivity contribution is 5.83. The molecular formula is C16H23NO2. The van der Waals surface area contributed by atoms with Crippen LogP contribution in [0.5, 0.6) is 0 Å². The molecule has 1 fully saturated rings. The molecule has 0 aromatic heterocycles. The summed E-state index contributed by atoms with van der Waals surface area (Å²) in [6.07, 6.45) is 6.02. The van der Waals surface area contributed by atoms with Crippen LogP contribution in [0.4, 0.5) is 0 Å². The summed E-state index contributed by atoms with van der Waals surface area (Å²) in [5.74, 6) is 0.339. The Labute approximate surface area is 115 Å². The summed E-state index contributed by atoms with van der Waals surface area (Å²) in [5, 5.41) is 0. The molecule has 3 nitrogen and oxygen atoms in total. The second-order valence-electron chi connectivity index (χ2n) is 5.46. The molecule has 2 rings (SSSR count). The van der Waals surface area contributed by atoms with E-state index in [-0.39, 0.29) is 11.8 Å². The molecule has 0 heterocycles. The van der Waals surface area contributed by atoms with Gasteiger partial charge in [-0.1, -0.05) is 49.1 Å². The fourth-order valence-corrected chi connectivity index (χ4v) is 3.04. The van der Waals surface area contributed by atoms with Gasteiger partial charge in [-0.15, -0.1) is 0 Å². The van der Waals surface area contributed by atoms with Crippen LogP contribution in [0.25, 0.3) is 0 Å². The average molecular weight is 261 g/mol. The van der Waals surface area contributed by atoms with Gasteiger partial charge >= 0.3 is 0 Å². The van der Waals surface area contributed by atoms with Crippen molar-refractivity contribution in [1.29, 1.82) is 0 Å². The lowest BCUT2D eigenvalue weighted by Crippen LogP contribution is -2.33. The van der Waals surface area contributed by atoms with E-state index in [0.29, 0.717) is 5.92 Å². The van der Waals surface area contributed by atoms with E-state index in [1.165, 1.54) is 31.9 Å². The smallest absolute Gasteiger partial charge is 0.251 e. The number of carbonyl (C=O) groups is 1. The molecule has 0 saturated heterocycles. The van der Waals surface area contributed by atoms with E-state index in [9.17, 15) is 4.79 Å².